The number of anilines is 1. The van der Waals surface area contributed by atoms with Crippen LogP contribution in [0.3, 0.4) is 0 Å². The molecule has 1 aromatic carbocycles. The van der Waals surface area contributed by atoms with Crippen LogP contribution in [0.5, 0.6) is 0 Å². The highest BCUT2D eigenvalue weighted by molar-refractivity contribution is 7.13. The standard InChI is InChI=1S/C20H17FN6OS/c21-15-9-13(10-22)4-5-17(15)27-8-1-3-14(11-27)25-19(28)16-12-29-20(26-16)18-23-6-2-7-24-18/h2,4-7,9,12,14H,1,3,8,11H2,(H,25,28). The first-order valence-corrected chi connectivity index (χ1v) is 10.0. The molecule has 3 heterocycles. The molecule has 0 aliphatic carbocycles. The predicted octanol–water partition coefficient (Wildman–Crippen LogP) is 3.01. The Balaban J connectivity index is 1.43. The second kappa shape index (κ2) is 8.32. The highest BCUT2D eigenvalue weighted by Gasteiger charge is 2.25. The minimum Gasteiger partial charge on any atom is -0.367 e. The van der Waals surface area contributed by atoms with Gasteiger partial charge in [0, 0.05) is 36.9 Å². The lowest BCUT2D eigenvalue weighted by molar-refractivity contribution is 0.0929. The Morgan fingerprint density at radius 2 is 2.17 bits per heavy atom. The molecule has 0 saturated carbocycles. The molecule has 0 spiro atoms. The Hall–Kier alpha value is -3.38. The number of piperidine rings is 1. The summed E-state index contributed by atoms with van der Waals surface area (Å²) in [5.41, 5.74) is 1.05. The van der Waals surface area contributed by atoms with Gasteiger partial charge in [0.2, 0.25) is 0 Å². The van der Waals surface area contributed by atoms with E-state index in [1.54, 1.807) is 36.0 Å². The summed E-state index contributed by atoms with van der Waals surface area (Å²) < 4.78 is 14.3. The number of nitrogens with one attached hydrogen (secondary N) is 1. The van der Waals surface area contributed by atoms with Gasteiger partial charge in [0.15, 0.2) is 10.8 Å². The maximum atomic E-state index is 14.3. The van der Waals surface area contributed by atoms with Crippen LogP contribution in [-0.2, 0) is 0 Å². The largest absolute Gasteiger partial charge is 0.367 e. The molecule has 1 amide bonds. The van der Waals surface area contributed by atoms with Crippen LogP contribution in [-0.4, -0.2) is 40.0 Å². The highest BCUT2D eigenvalue weighted by atomic mass is 32.1. The topological polar surface area (TPSA) is 94.8 Å². The highest BCUT2D eigenvalue weighted by Crippen LogP contribution is 2.25. The number of aromatic nitrogens is 3. The molecule has 7 nitrogen and oxygen atoms in total. The number of halogens is 1. The average Bonchev–Trinajstić information content (AvgIpc) is 3.25. The van der Waals surface area contributed by atoms with Crippen molar-refractivity contribution in [3.63, 3.8) is 0 Å². The molecule has 0 radical (unpaired) electrons. The van der Waals surface area contributed by atoms with Crippen molar-refractivity contribution in [2.24, 2.45) is 0 Å². The molecular formula is C20H17FN6OS. The van der Waals surface area contributed by atoms with Crippen LogP contribution in [0.25, 0.3) is 10.8 Å². The van der Waals surface area contributed by atoms with Crippen LogP contribution in [0.2, 0.25) is 0 Å². The van der Waals surface area contributed by atoms with E-state index in [4.69, 9.17) is 5.26 Å². The third-order valence-electron chi connectivity index (χ3n) is 4.67. The molecular weight excluding hydrogens is 391 g/mol. The smallest absolute Gasteiger partial charge is 0.271 e. The molecule has 29 heavy (non-hydrogen) atoms. The van der Waals surface area contributed by atoms with E-state index >= 15 is 0 Å². The molecule has 1 aliphatic heterocycles. The van der Waals surface area contributed by atoms with Crippen molar-refractivity contribution in [1.29, 1.82) is 5.26 Å². The fraction of sp³-hybridized carbons (Fsp3) is 0.250. The lowest BCUT2D eigenvalue weighted by atomic mass is 10.0. The maximum Gasteiger partial charge on any atom is 0.271 e. The number of carbonyl (C=O) groups excluding carboxylic acids is 1. The summed E-state index contributed by atoms with van der Waals surface area (Å²) in [7, 11) is 0. The number of rotatable bonds is 4. The van der Waals surface area contributed by atoms with Crippen LogP contribution in [0, 0.1) is 17.1 Å². The number of thiazole rings is 1. The molecule has 146 valence electrons. The van der Waals surface area contributed by atoms with Gasteiger partial charge in [0.25, 0.3) is 5.91 Å². The second-order valence-corrected chi connectivity index (χ2v) is 7.51. The van der Waals surface area contributed by atoms with Crippen LogP contribution in [0.15, 0.2) is 42.0 Å². The van der Waals surface area contributed by atoms with Crippen molar-refractivity contribution in [3.05, 3.63) is 59.1 Å². The first kappa shape index (κ1) is 19.0. The number of nitriles is 1. The number of nitrogens with zero attached hydrogens (tertiary/aromatic N) is 5. The minimum atomic E-state index is -0.428. The summed E-state index contributed by atoms with van der Waals surface area (Å²) in [5.74, 6) is -0.213. The zero-order valence-electron chi connectivity index (χ0n) is 15.4. The maximum absolute atomic E-state index is 14.3. The lowest BCUT2D eigenvalue weighted by Crippen LogP contribution is -2.48. The summed E-state index contributed by atoms with van der Waals surface area (Å²) in [4.78, 5) is 27.1. The van der Waals surface area contributed by atoms with Crippen molar-refractivity contribution in [2.45, 2.75) is 18.9 Å². The number of amides is 1. The number of hydrogen-bond acceptors (Lipinski definition) is 7. The van der Waals surface area contributed by atoms with E-state index in [9.17, 15) is 9.18 Å². The average molecular weight is 408 g/mol. The SMILES string of the molecule is N#Cc1ccc(N2CCCC(NC(=O)c3csc(-c4ncccn4)n3)C2)c(F)c1. The number of benzene rings is 1. The van der Waals surface area contributed by atoms with E-state index < -0.39 is 5.82 Å². The zero-order chi connectivity index (χ0) is 20.2. The first-order valence-electron chi connectivity index (χ1n) is 9.12. The molecule has 2 aromatic heterocycles. The Morgan fingerprint density at radius 1 is 1.34 bits per heavy atom. The third-order valence-corrected chi connectivity index (χ3v) is 5.51. The number of hydrogen-bond donors (Lipinski definition) is 1. The molecule has 0 bridgehead atoms. The number of carbonyl (C=O) groups is 1. The fourth-order valence-corrected chi connectivity index (χ4v) is 4.04. The normalized spacial score (nSPS) is 16.3. The molecule has 1 saturated heterocycles. The molecule has 1 aliphatic rings. The van der Waals surface area contributed by atoms with Gasteiger partial charge in [-0.2, -0.15) is 5.26 Å². The van der Waals surface area contributed by atoms with E-state index in [0.717, 1.165) is 12.8 Å². The van der Waals surface area contributed by atoms with Gasteiger partial charge in [0.05, 0.1) is 17.3 Å². The Kier molecular flexibility index (Phi) is 5.44. The molecule has 4 rings (SSSR count). The summed E-state index contributed by atoms with van der Waals surface area (Å²) in [6.45, 7) is 1.19. The Morgan fingerprint density at radius 3 is 2.93 bits per heavy atom. The van der Waals surface area contributed by atoms with Crippen molar-refractivity contribution in [2.75, 3.05) is 18.0 Å². The van der Waals surface area contributed by atoms with Crippen molar-refractivity contribution < 1.29 is 9.18 Å². The molecule has 1 fully saturated rings. The summed E-state index contributed by atoms with van der Waals surface area (Å²) in [5, 5.41) is 14.2. The van der Waals surface area contributed by atoms with Crippen LogP contribution in [0.1, 0.15) is 28.9 Å². The van der Waals surface area contributed by atoms with Gasteiger partial charge >= 0.3 is 0 Å². The van der Waals surface area contributed by atoms with E-state index in [1.807, 2.05) is 11.0 Å². The van der Waals surface area contributed by atoms with Crippen LogP contribution in [0.4, 0.5) is 10.1 Å². The fourth-order valence-electron chi connectivity index (χ4n) is 3.30. The summed E-state index contributed by atoms with van der Waals surface area (Å²) in [6, 6.07) is 7.98. The van der Waals surface area contributed by atoms with Gasteiger partial charge in [-0.3, -0.25) is 4.79 Å². The van der Waals surface area contributed by atoms with E-state index in [1.165, 1.54) is 17.4 Å². The molecule has 1 atom stereocenters. The Bertz CT molecular complexity index is 1060. The minimum absolute atomic E-state index is 0.121. The summed E-state index contributed by atoms with van der Waals surface area (Å²) >= 11 is 1.31. The van der Waals surface area contributed by atoms with E-state index in [-0.39, 0.29) is 17.5 Å². The lowest BCUT2D eigenvalue weighted by Gasteiger charge is -2.34. The van der Waals surface area contributed by atoms with Gasteiger partial charge in [-0.15, -0.1) is 11.3 Å². The monoisotopic (exact) mass is 408 g/mol. The van der Waals surface area contributed by atoms with Gasteiger partial charge in [-0.25, -0.2) is 19.3 Å². The van der Waals surface area contributed by atoms with Crippen molar-refractivity contribution >= 4 is 22.9 Å². The Labute approximate surface area is 170 Å². The first-order chi connectivity index (χ1) is 14.1. The third kappa shape index (κ3) is 4.22. The molecule has 3 aromatic rings. The molecule has 9 heteroatoms. The van der Waals surface area contributed by atoms with E-state index in [2.05, 4.69) is 20.3 Å². The molecule has 1 unspecified atom stereocenters. The van der Waals surface area contributed by atoms with Gasteiger partial charge in [-0.05, 0) is 37.1 Å². The predicted molar refractivity (Wildman–Crippen MR) is 107 cm³/mol. The van der Waals surface area contributed by atoms with Crippen LogP contribution < -0.4 is 10.2 Å². The van der Waals surface area contributed by atoms with E-state index in [0.29, 0.717) is 35.3 Å². The van der Waals surface area contributed by atoms with Crippen LogP contribution >= 0.6 is 11.3 Å². The zero-order valence-corrected chi connectivity index (χ0v) is 16.2. The van der Waals surface area contributed by atoms with Crippen molar-refractivity contribution in [3.8, 4) is 16.9 Å². The van der Waals surface area contributed by atoms with Crippen molar-refractivity contribution in [1.82, 2.24) is 20.3 Å². The second-order valence-electron chi connectivity index (χ2n) is 6.65. The van der Waals surface area contributed by atoms with Gasteiger partial charge in [0.1, 0.15) is 11.5 Å². The van der Waals surface area contributed by atoms with Gasteiger partial charge in [-0.1, -0.05) is 0 Å². The quantitative estimate of drug-likeness (QED) is 0.713. The molecule has 1 N–H and O–H groups in total. The summed E-state index contributed by atoms with van der Waals surface area (Å²) in [6.07, 6.45) is 4.88. The van der Waals surface area contributed by atoms with Gasteiger partial charge < -0.3 is 10.2 Å².